The number of hydrogen-bond acceptors (Lipinski definition) is 4. The summed E-state index contributed by atoms with van der Waals surface area (Å²) in [6, 6.07) is -0.325. The van der Waals surface area contributed by atoms with Crippen LogP contribution in [0.5, 0.6) is 0 Å². The van der Waals surface area contributed by atoms with Gasteiger partial charge in [0.05, 0.1) is 29.4 Å². The number of nitrogens with zero attached hydrogens (tertiary/aromatic N) is 1. The Morgan fingerprint density at radius 2 is 2.16 bits per heavy atom. The minimum absolute atomic E-state index is 0.113. The summed E-state index contributed by atoms with van der Waals surface area (Å²) in [5.41, 5.74) is 0.973. The molecule has 3 N–H and O–H groups in total. The molecule has 1 saturated carbocycles. The van der Waals surface area contributed by atoms with Gasteiger partial charge in [-0.3, -0.25) is 0 Å². The van der Waals surface area contributed by atoms with Crippen molar-refractivity contribution in [2.75, 3.05) is 0 Å². The molecule has 0 aliphatic heterocycles. The predicted octanol–water partition coefficient (Wildman–Crippen LogP) is 1.86. The third-order valence-corrected chi connectivity index (χ3v) is 4.53. The molecule has 1 fully saturated rings. The minimum Gasteiger partial charge on any atom is -0.391 e. The number of thiazole rings is 1. The summed E-state index contributed by atoms with van der Waals surface area (Å²) in [5, 5.41) is 16.5. The average Bonchev–Trinajstić information content (AvgIpc) is 2.68. The van der Waals surface area contributed by atoms with E-state index in [1.807, 2.05) is 13.8 Å². The van der Waals surface area contributed by atoms with Crippen molar-refractivity contribution in [3.05, 3.63) is 15.6 Å². The molecule has 19 heavy (non-hydrogen) atoms. The molecular formula is C13H21N3O2S. The van der Waals surface area contributed by atoms with E-state index in [4.69, 9.17) is 0 Å². The van der Waals surface area contributed by atoms with Gasteiger partial charge in [0, 0.05) is 4.88 Å². The van der Waals surface area contributed by atoms with Gasteiger partial charge in [-0.2, -0.15) is 0 Å². The summed E-state index contributed by atoms with van der Waals surface area (Å²) >= 11 is 1.60. The molecule has 5 nitrogen and oxygen atoms in total. The third-order valence-electron chi connectivity index (χ3n) is 3.46. The van der Waals surface area contributed by atoms with Crippen molar-refractivity contribution < 1.29 is 9.90 Å². The lowest BCUT2D eigenvalue weighted by Gasteiger charge is -2.28. The van der Waals surface area contributed by atoms with Crippen molar-refractivity contribution in [2.24, 2.45) is 0 Å². The molecule has 106 valence electrons. The Morgan fingerprint density at radius 1 is 1.42 bits per heavy atom. The second-order valence-corrected chi connectivity index (χ2v) is 6.31. The van der Waals surface area contributed by atoms with Gasteiger partial charge in [-0.1, -0.05) is 12.8 Å². The molecule has 2 atom stereocenters. The van der Waals surface area contributed by atoms with E-state index >= 15 is 0 Å². The van der Waals surface area contributed by atoms with Crippen molar-refractivity contribution in [1.82, 2.24) is 15.6 Å². The Bertz CT molecular complexity index is 447. The number of aromatic nitrogens is 1. The lowest BCUT2D eigenvalue weighted by Crippen LogP contribution is -2.48. The number of aryl methyl sites for hydroxylation is 2. The van der Waals surface area contributed by atoms with Gasteiger partial charge in [-0.25, -0.2) is 9.78 Å². The lowest BCUT2D eigenvalue weighted by atomic mass is 9.93. The van der Waals surface area contributed by atoms with E-state index in [0.717, 1.165) is 41.3 Å². The van der Waals surface area contributed by atoms with Crippen LogP contribution in [0.2, 0.25) is 0 Å². The van der Waals surface area contributed by atoms with Crippen molar-refractivity contribution in [3.8, 4) is 0 Å². The number of carbonyl (C=O) groups excluding carboxylic acids is 1. The molecule has 1 aromatic rings. The molecule has 2 unspecified atom stereocenters. The second kappa shape index (κ2) is 6.34. The standard InChI is InChI=1S/C13H21N3O2S/c1-8-12(19-9(2)15-8)7-14-13(18)16-10-5-3-4-6-11(10)17/h10-11,17H,3-7H2,1-2H3,(H2,14,16,18). The van der Waals surface area contributed by atoms with E-state index < -0.39 is 6.10 Å². The first kappa shape index (κ1) is 14.3. The maximum Gasteiger partial charge on any atom is 0.315 e. The van der Waals surface area contributed by atoms with Crippen molar-refractivity contribution in [2.45, 2.75) is 58.2 Å². The summed E-state index contributed by atoms with van der Waals surface area (Å²) in [5.74, 6) is 0. The average molecular weight is 283 g/mol. The van der Waals surface area contributed by atoms with Gasteiger partial charge >= 0.3 is 6.03 Å². The molecular weight excluding hydrogens is 262 g/mol. The molecule has 2 rings (SSSR count). The smallest absolute Gasteiger partial charge is 0.315 e. The highest BCUT2D eigenvalue weighted by molar-refractivity contribution is 7.11. The van der Waals surface area contributed by atoms with E-state index in [0.29, 0.717) is 6.54 Å². The highest BCUT2D eigenvalue weighted by Crippen LogP contribution is 2.18. The molecule has 1 aromatic heterocycles. The zero-order valence-corrected chi connectivity index (χ0v) is 12.2. The Kier molecular flexibility index (Phi) is 4.76. The highest BCUT2D eigenvalue weighted by atomic mass is 32.1. The monoisotopic (exact) mass is 283 g/mol. The topological polar surface area (TPSA) is 74.2 Å². The van der Waals surface area contributed by atoms with Gasteiger partial charge < -0.3 is 15.7 Å². The fourth-order valence-electron chi connectivity index (χ4n) is 2.40. The third kappa shape index (κ3) is 3.91. The molecule has 1 aliphatic carbocycles. The van der Waals surface area contributed by atoms with Gasteiger partial charge in [0.25, 0.3) is 0 Å². The molecule has 0 aromatic carbocycles. The van der Waals surface area contributed by atoms with E-state index in [2.05, 4.69) is 15.6 Å². The zero-order valence-electron chi connectivity index (χ0n) is 11.4. The zero-order chi connectivity index (χ0) is 13.8. The first-order valence-electron chi connectivity index (χ1n) is 6.71. The quantitative estimate of drug-likeness (QED) is 0.792. The summed E-state index contributed by atoms with van der Waals surface area (Å²) in [6.45, 7) is 4.40. The van der Waals surface area contributed by atoms with Crippen LogP contribution in [0, 0.1) is 13.8 Å². The van der Waals surface area contributed by atoms with Crippen LogP contribution in [0.4, 0.5) is 4.79 Å². The first-order chi connectivity index (χ1) is 9.06. The molecule has 0 saturated heterocycles. The minimum atomic E-state index is -0.410. The number of hydrogen-bond donors (Lipinski definition) is 3. The van der Waals surface area contributed by atoms with Crippen LogP contribution in [0.25, 0.3) is 0 Å². The molecule has 1 heterocycles. The van der Waals surface area contributed by atoms with Crippen LogP contribution in [-0.4, -0.2) is 28.3 Å². The first-order valence-corrected chi connectivity index (χ1v) is 7.53. The number of rotatable bonds is 3. The maximum atomic E-state index is 11.8. The fourth-order valence-corrected chi connectivity index (χ4v) is 3.27. The van der Waals surface area contributed by atoms with Gasteiger partial charge in [0.15, 0.2) is 0 Å². The summed E-state index contributed by atoms with van der Waals surface area (Å²) in [6.07, 6.45) is 3.33. The summed E-state index contributed by atoms with van der Waals surface area (Å²) in [4.78, 5) is 17.2. The van der Waals surface area contributed by atoms with Gasteiger partial charge in [0.1, 0.15) is 0 Å². The molecule has 2 amide bonds. The van der Waals surface area contributed by atoms with Crippen molar-refractivity contribution in [3.63, 3.8) is 0 Å². The molecule has 6 heteroatoms. The van der Waals surface area contributed by atoms with E-state index in [-0.39, 0.29) is 12.1 Å². The molecule has 0 spiro atoms. The SMILES string of the molecule is Cc1nc(C)c(CNC(=O)NC2CCCCC2O)s1. The summed E-state index contributed by atoms with van der Waals surface area (Å²) in [7, 11) is 0. The number of aliphatic hydroxyl groups excluding tert-OH is 1. The molecule has 0 radical (unpaired) electrons. The number of aliphatic hydroxyl groups is 1. The van der Waals surface area contributed by atoms with Gasteiger partial charge in [-0.05, 0) is 26.7 Å². The summed E-state index contributed by atoms with van der Waals surface area (Å²) < 4.78 is 0. The Hall–Kier alpha value is -1.14. The van der Waals surface area contributed by atoms with Crippen LogP contribution in [0.15, 0.2) is 0 Å². The van der Waals surface area contributed by atoms with Crippen LogP contribution < -0.4 is 10.6 Å². The Labute approximate surface area is 117 Å². The Morgan fingerprint density at radius 3 is 2.79 bits per heavy atom. The second-order valence-electron chi connectivity index (χ2n) is 5.03. The number of amides is 2. The number of carbonyl (C=O) groups is 1. The van der Waals surface area contributed by atoms with Gasteiger partial charge in [-0.15, -0.1) is 11.3 Å². The van der Waals surface area contributed by atoms with Crippen LogP contribution in [0.1, 0.15) is 41.3 Å². The van der Waals surface area contributed by atoms with E-state index in [1.54, 1.807) is 11.3 Å². The number of urea groups is 1. The Balaban J connectivity index is 1.79. The van der Waals surface area contributed by atoms with Gasteiger partial charge in [0.2, 0.25) is 0 Å². The largest absolute Gasteiger partial charge is 0.391 e. The predicted molar refractivity (Wildman–Crippen MR) is 75.2 cm³/mol. The van der Waals surface area contributed by atoms with Crippen LogP contribution in [-0.2, 0) is 6.54 Å². The molecule has 0 bridgehead atoms. The lowest BCUT2D eigenvalue weighted by molar-refractivity contribution is 0.0943. The molecule has 1 aliphatic rings. The number of nitrogens with one attached hydrogen (secondary N) is 2. The van der Waals surface area contributed by atoms with Crippen molar-refractivity contribution >= 4 is 17.4 Å². The van der Waals surface area contributed by atoms with E-state index in [9.17, 15) is 9.90 Å². The van der Waals surface area contributed by atoms with E-state index in [1.165, 1.54) is 0 Å². The van der Waals surface area contributed by atoms with Crippen LogP contribution in [0.3, 0.4) is 0 Å². The van der Waals surface area contributed by atoms with Crippen molar-refractivity contribution in [1.29, 1.82) is 0 Å². The highest BCUT2D eigenvalue weighted by Gasteiger charge is 2.24. The van der Waals surface area contributed by atoms with Crippen LogP contribution >= 0.6 is 11.3 Å². The normalized spacial score (nSPS) is 23.1. The fraction of sp³-hybridized carbons (Fsp3) is 0.692. The maximum absolute atomic E-state index is 11.8.